The molecule has 0 spiro atoms. The van der Waals surface area contributed by atoms with Gasteiger partial charge in [0, 0.05) is 0 Å². The molecule has 3 heteroatoms. The van der Waals surface area contributed by atoms with E-state index in [-0.39, 0.29) is 0 Å². The molecule has 0 fully saturated rings. The number of rotatable bonds is 9. The van der Waals surface area contributed by atoms with Crippen molar-refractivity contribution in [3.63, 3.8) is 0 Å². The Bertz CT molecular complexity index is 348. The Morgan fingerprint density at radius 3 is 1.68 bits per heavy atom. The van der Waals surface area contributed by atoms with Gasteiger partial charge in [-0.3, -0.25) is 0 Å². The molecule has 110 valence electrons. The molecular formula is C16H29O2P. The molecule has 0 unspecified atom stereocenters. The summed E-state index contributed by atoms with van der Waals surface area (Å²) < 4.78 is 12.3. The molecule has 0 aliphatic rings. The predicted molar refractivity (Wildman–Crippen MR) is 86.6 cm³/mol. The molecule has 1 rings (SSSR count). The van der Waals surface area contributed by atoms with Crippen molar-refractivity contribution in [1.29, 1.82) is 0 Å². The van der Waals surface area contributed by atoms with E-state index in [4.69, 9.17) is 9.05 Å². The summed E-state index contributed by atoms with van der Waals surface area (Å²) in [5.74, 6) is 0. The fourth-order valence-electron chi connectivity index (χ4n) is 2.74. The molecule has 0 saturated heterocycles. The molecule has 2 nitrogen and oxygen atoms in total. The Morgan fingerprint density at radius 1 is 0.842 bits per heavy atom. The first-order chi connectivity index (χ1) is 9.17. The minimum absolute atomic E-state index is 1.03. The Kier molecular flexibility index (Phi) is 6.46. The maximum absolute atomic E-state index is 6.17. The monoisotopic (exact) mass is 284 g/mol. The van der Waals surface area contributed by atoms with E-state index in [0.717, 1.165) is 25.2 Å². The molecule has 0 aliphatic carbocycles. The summed E-state index contributed by atoms with van der Waals surface area (Å²) in [5, 5.41) is 1.26. The van der Waals surface area contributed by atoms with Crippen molar-refractivity contribution >= 4 is 12.4 Å². The number of hydrogen-bond acceptors (Lipinski definition) is 2. The summed E-state index contributed by atoms with van der Waals surface area (Å²) in [5.41, 5.74) is 0. The van der Waals surface area contributed by atoms with Gasteiger partial charge in [0.15, 0.2) is 0 Å². The molecule has 0 atom stereocenters. The zero-order chi connectivity index (χ0) is 14.2. The van der Waals surface area contributed by atoms with Crippen LogP contribution in [0.5, 0.6) is 0 Å². The van der Waals surface area contributed by atoms with Crippen LogP contribution in [0.4, 0.5) is 0 Å². The number of hydrogen-bond donors (Lipinski definition) is 0. The summed E-state index contributed by atoms with van der Waals surface area (Å²) in [4.78, 5) is 0. The van der Waals surface area contributed by atoms with Gasteiger partial charge in [0.2, 0.25) is 0 Å². The standard InChI is InChI=1S/C16H29O2P/c1-5-7-14-19(17-3,18-4,15-8-6-2)16-12-10-9-11-13-16/h9-13H,5-8,14-15H2,1-4H3. The van der Waals surface area contributed by atoms with Crippen molar-refractivity contribution in [2.45, 2.75) is 39.5 Å². The molecule has 0 amide bonds. The first kappa shape index (κ1) is 16.6. The number of unbranched alkanes of at least 4 members (excludes halogenated alkanes) is 2. The molecule has 0 saturated carbocycles. The Balaban J connectivity index is 3.25. The van der Waals surface area contributed by atoms with Gasteiger partial charge in [0.25, 0.3) is 0 Å². The van der Waals surface area contributed by atoms with Crippen molar-refractivity contribution in [2.75, 3.05) is 26.5 Å². The average Bonchev–Trinajstić information content (AvgIpc) is 2.50. The van der Waals surface area contributed by atoms with E-state index >= 15 is 0 Å². The van der Waals surface area contributed by atoms with Gasteiger partial charge in [0.1, 0.15) is 0 Å². The summed E-state index contributed by atoms with van der Waals surface area (Å²) in [6.45, 7) is 4.45. The molecule has 19 heavy (non-hydrogen) atoms. The van der Waals surface area contributed by atoms with Gasteiger partial charge in [-0.05, 0) is 0 Å². The van der Waals surface area contributed by atoms with Crippen LogP contribution in [0.25, 0.3) is 0 Å². The quantitative estimate of drug-likeness (QED) is 0.618. The Morgan fingerprint density at radius 2 is 1.32 bits per heavy atom. The van der Waals surface area contributed by atoms with Gasteiger partial charge < -0.3 is 0 Å². The van der Waals surface area contributed by atoms with Gasteiger partial charge in [-0.15, -0.1) is 0 Å². The van der Waals surface area contributed by atoms with Gasteiger partial charge in [-0.2, -0.15) is 0 Å². The number of benzene rings is 1. The topological polar surface area (TPSA) is 18.5 Å². The van der Waals surface area contributed by atoms with Crippen molar-refractivity contribution in [3.8, 4) is 0 Å². The average molecular weight is 284 g/mol. The summed E-state index contributed by atoms with van der Waals surface area (Å²) in [6.07, 6.45) is 6.70. The van der Waals surface area contributed by atoms with Crippen molar-refractivity contribution < 1.29 is 9.05 Å². The summed E-state index contributed by atoms with van der Waals surface area (Å²) in [6, 6.07) is 10.6. The van der Waals surface area contributed by atoms with E-state index in [1.165, 1.54) is 18.1 Å². The van der Waals surface area contributed by atoms with E-state index in [1.54, 1.807) is 0 Å². The third-order valence-electron chi connectivity index (χ3n) is 4.11. The predicted octanol–water partition coefficient (Wildman–Crippen LogP) is 4.59. The van der Waals surface area contributed by atoms with Gasteiger partial charge in [0.05, 0.1) is 0 Å². The van der Waals surface area contributed by atoms with Crippen LogP contribution in [-0.2, 0) is 9.05 Å². The molecule has 0 radical (unpaired) electrons. The van der Waals surface area contributed by atoms with Gasteiger partial charge >= 0.3 is 118 Å². The van der Waals surface area contributed by atoms with Crippen LogP contribution in [0.15, 0.2) is 30.3 Å². The van der Waals surface area contributed by atoms with Crippen LogP contribution in [0.3, 0.4) is 0 Å². The normalized spacial score (nSPS) is 14.0. The third-order valence-corrected chi connectivity index (χ3v) is 9.70. The molecule has 0 N–H and O–H groups in total. The van der Waals surface area contributed by atoms with Crippen LogP contribution in [0, 0.1) is 0 Å². The van der Waals surface area contributed by atoms with Crippen molar-refractivity contribution in [2.24, 2.45) is 0 Å². The first-order valence-corrected chi connectivity index (χ1v) is 9.81. The second kappa shape index (κ2) is 7.38. The van der Waals surface area contributed by atoms with E-state index in [1.807, 2.05) is 14.2 Å². The molecule has 1 aromatic rings. The van der Waals surface area contributed by atoms with Crippen molar-refractivity contribution in [3.05, 3.63) is 30.3 Å². The molecule has 1 aromatic carbocycles. The Labute approximate surface area is 118 Å². The van der Waals surface area contributed by atoms with Gasteiger partial charge in [-0.1, -0.05) is 0 Å². The maximum atomic E-state index is 6.17. The fourth-order valence-corrected chi connectivity index (χ4v) is 7.53. The van der Waals surface area contributed by atoms with Crippen LogP contribution in [-0.4, -0.2) is 26.5 Å². The molecule has 0 aliphatic heterocycles. The van der Waals surface area contributed by atoms with Crippen LogP contribution in [0.2, 0.25) is 0 Å². The zero-order valence-corrected chi connectivity index (χ0v) is 13.8. The van der Waals surface area contributed by atoms with Crippen LogP contribution in [0.1, 0.15) is 39.5 Å². The molecule has 0 heterocycles. The zero-order valence-electron chi connectivity index (χ0n) is 12.9. The molecule has 0 bridgehead atoms. The second-order valence-electron chi connectivity index (χ2n) is 5.17. The summed E-state index contributed by atoms with van der Waals surface area (Å²) in [7, 11) is 0.968. The van der Waals surface area contributed by atoms with Crippen LogP contribution < -0.4 is 5.30 Å². The second-order valence-corrected chi connectivity index (χ2v) is 9.94. The van der Waals surface area contributed by atoms with Gasteiger partial charge in [-0.25, -0.2) is 0 Å². The Hall–Kier alpha value is -0.430. The fraction of sp³-hybridized carbons (Fsp3) is 0.625. The van der Waals surface area contributed by atoms with E-state index in [0.29, 0.717) is 0 Å². The SMILES string of the molecule is CCCCP(CCCC)(OC)(OC)c1ccccc1. The van der Waals surface area contributed by atoms with Crippen LogP contribution >= 0.6 is 7.06 Å². The molecule has 0 aromatic heterocycles. The molecular weight excluding hydrogens is 255 g/mol. The van der Waals surface area contributed by atoms with Crippen molar-refractivity contribution in [1.82, 2.24) is 0 Å². The minimum atomic E-state index is -2.70. The first-order valence-electron chi connectivity index (χ1n) is 7.36. The third kappa shape index (κ3) is 3.37. The van der Waals surface area contributed by atoms with E-state index < -0.39 is 7.06 Å². The van der Waals surface area contributed by atoms with E-state index in [9.17, 15) is 0 Å². The summed E-state index contributed by atoms with van der Waals surface area (Å²) >= 11 is 0. The van der Waals surface area contributed by atoms with E-state index in [2.05, 4.69) is 44.2 Å².